The number of ether oxygens (including phenoxy) is 1. The zero-order valence-electron chi connectivity index (χ0n) is 5.62. The maximum Gasteiger partial charge on any atom is 0.305 e. The summed E-state index contributed by atoms with van der Waals surface area (Å²) in [5.74, 6) is -1.06. The van der Waals surface area contributed by atoms with Crippen molar-refractivity contribution in [1.29, 1.82) is 0 Å². The molecule has 56 valence electrons. The van der Waals surface area contributed by atoms with Crippen LogP contribution in [0.4, 0.5) is 0 Å². The fourth-order valence-electron chi connectivity index (χ4n) is 0.386. The number of Topliss-reactive ketones (excluding diaryl/α,β-unsaturated/α-hetero) is 1. The summed E-state index contributed by atoms with van der Waals surface area (Å²) in [6.45, 7) is 0. The summed E-state index contributed by atoms with van der Waals surface area (Å²) in [6.07, 6.45) is 0.118. The monoisotopic (exact) mass is 144 g/mol. The highest BCUT2D eigenvalue weighted by atomic mass is 16.5. The first-order valence-electron chi connectivity index (χ1n) is 2.75. The van der Waals surface area contributed by atoms with E-state index in [-0.39, 0.29) is 19.1 Å². The molecule has 0 aliphatic carbocycles. The zero-order chi connectivity index (χ0) is 7.98. The molecular weight excluding hydrogens is 136 g/mol. The summed E-state index contributed by atoms with van der Waals surface area (Å²) in [7, 11) is 1.23. The first-order valence-corrected chi connectivity index (χ1v) is 2.75. The van der Waals surface area contributed by atoms with Crippen LogP contribution in [0.1, 0.15) is 12.8 Å². The Hall–Kier alpha value is -1.19. The van der Waals surface area contributed by atoms with Crippen molar-refractivity contribution in [2.45, 2.75) is 12.8 Å². The Kier molecular flexibility index (Phi) is 4.11. The second-order valence-electron chi connectivity index (χ2n) is 1.66. The van der Waals surface area contributed by atoms with Gasteiger partial charge in [0.15, 0.2) is 12.1 Å². The molecule has 0 heterocycles. The van der Waals surface area contributed by atoms with Crippen molar-refractivity contribution in [1.82, 2.24) is 0 Å². The van der Waals surface area contributed by atoms with Gasteiger partial charge in [-0.25, -0.2) is 0 Å². The highest BCUT2D eigenvalue weighted by molar-refractivity contribution is 6.25. The lowest BCUT2D eigenvalue weighted by Crippen LogP contribution is -2.05. The van der Waals surface area contributed by atoms with Crippen LogP contribution in [-0.4, -0.2) is 25.1 Å². The van der Waals surface area contributed by atoms with E-state index in [2.05, 4.69) is 4.74 Å². The normalized spacial score (nSPS) is 8.50. The van der Waals surface area contributed by atoms with Crippen LogP contribution in [0.25, 0.3) is 0 Å². The standard InChI is InChI=1S/C6H8O4/c1-10-6(9)3-2-5(8)4-7/h4H,2-3H2,1H3. The molecule has 0 unspecified atom stereocenters. The van der Waals surface area contributed by atoms with Gasteiger partial charge in [0.25, 0.3) is 0 Å². The molecule has 0 rings (SSSR count). The van der Waals surface area contributed by atoms with Gasteiger partial charge in [0.1, 0.15) is 0 Å². The van der Waals surface area contributed by atoms with E-state index in [0.717, 1.165) is 0 Å². The van der Waals surface area contributed by atoms with Crippen molar-refractivity contribution in [2.75, 3.05) is 7.11 Å². The van der Waals surface area contributed by atoms with Crippen LogP contribution in [-0.2, 0) is 19.1 Å². The fourth-order valence-corrected chi connectivity index (χ4v) is 0.386. The lowest BCUT2D eigenvalue weighted by molar-refractivity contribution is -0.142. The predicted octanol–water partition coefficient (Wildman–Crippen LogP) is -0.292. The molecule has 0 spiro atoms. The Morgan fingerprint density at radius 1 is 1.40 bits per heavy atom. The third-order valence-corrected chi connectivity index (χ3v) is 0.935. The van der Waals surface area contributed by atoms with Crippen molar-refractivity contribution in [3.05, 3.63) is 0 Å². The van der Waals surface area contributed by atoms with Gasteiger partial charge >= 0.3 is 5.97 Å². The van der Waals surface area contributed by atoms with Crippen molar-refractivity contribution in [3.8, 4) is 0 Å². The minimum atomic E-state index is -0.578. The first-order chi connectivity index (χ1) is 4.70. The van der Waals surface area contributed by atoms with E-state index >= 15 is 0 Å². The number of rotatable bonds is 4. The number of ketones is 1. The minimum Gasteiger partial charge on any atom is -0.469 e. The third kappa shape index (κ3) is 3.77. The molecule has 0 bridgehead atoms. The fraction of sp³-hybridized carbons (Fsp3) is 0.500. The van der Waals surface area contributed by atoms with E-state index < -0.39 is 11.8 Å². The van der Waals surface area contributed by atoms with Crippen molar-refractivity contribution < 1.29 is 19.1 Å². The molecule has 10 heavy (non-hydrogen) atoms. The highest BCUT2D eigenvalue weighted by Crippen LogP contribution is 1.90. The molecule has 0 saturated carbocycles. The average Bonchev–Trinajstić information content (AvgIpc) is 1.99. The molecule has 0 saturated heterocycles. The summed E-state index contributed by atoms with van der Waals surface area (Å²) in [4.78, 5) is 30.3. The SMILES string of the molecule is COC(=O)CCC(=O)C=O. The number of methoxy groups -OCH3 is 1. The van der Waals surface area contributed by atoms with Crippen LogP contribution in [0.3, 0.4) is 0 Å². The lowest BCUT2D eigenvalue weighted by atomic mass is 10.2. The van der Waals surface area contributed by atoms with Gasteiger partial charge < -0.3 is 4.74 Å². The van der Waals surface area contributed by atoms with E-state index in [1.54, 1.807) is 0 Å². The Balaban J connectivity index is 3.44. The molecule has 0 aromatic carbocycles. The van der Waals surface area contributed by atoms with Gasteiger partial charge in [0.05, 0.1) is 13.5 Å². The highest BCUT2D eigenvalue weighted by Gasteiger charge is 2.04. The maximum atomic E-state index is 10.3. The molecule has 0 aliphatic heterocycles. The van der Waals surface area contributed by atoms with Gasteiger partial charge in [-0.3, -0.25) is 14.4 Å². The van der Waals surface area contributed by atoms with Gasteiger partial charge in [-0.05, 0) is 0 Å². The summed E-state index contributed by atoms with van der Waals surface area (Å²) in [6, 6.07) is 0. The number of hydrogen-bond acceptors (Lipinski definition) is 4. The van der Waals surface area contributed by atoms with E-state index in [0.29, 0.717) is 0 Å². The molecule has 0 N–H and O–H groups in total. The summed E-state index contributed by atoms with van der Waals surface area (Å²) >= 11 is 0. The van der Waals surface area contributed by atoms with Gasteiger partial charge in [0.2, 0.25) is 0 Å². The van der Waals surface area contributed by atoms with Crippen LogP contribution < -0.4 is 0 Å². The number of aldehydes is 1. The summed E-state index contributed by atoms with van der Waals surface area (Å²) in [5.41, 5.74) is 0. The number of carbonyl (C=O) groups is 3. The summed E-state index contributed by atoms with van der Waals surface area (Å²) in [5, 5.41) is 0. The average molecular weight is 144 g/mol. The minimum absolute atomic E-state index is 0.0198. The van der Waals surface area contributed by atoms with E-state index in [1.165, 1.54) is 7.11 Å². The number of hydrogen-bond donors (Lipinski definition) is 0. The van der Waals surface area contributed by atoms with Crippen LogP contribution >= 0.6 is 0 Å². The number of esters is 1. The predicted molar refractivity (Wildman–Crippen MR) is 32.3 cm³/mol. The van der Waals surface area contributed by atoms with E-state index in [9.17, 15) is 14.4 Å². The molecule has 0 aromatic rings. The Bertz CT molecular complexity index is 150. The largest absolute Gasteiger partial charge is 0.469 e. The second-order valence-corrected chi connectivity index (χ2v) is 1.66. The molecule has 0 fully saturated rings. The van der Waals surface area contributed by atoms with Gasteiger partial charge in [-0.15, -0.1) is 0 Å². The topological polar surface area (TPSA) is 60.4 Å². The Morgan fingerprint density at radius 2 is 2.00 bits per heavy atom. The van der Waals surface area contributed by atoms with Crippen molar-refractivity contribution in [2.24, 2.45) is 0 Å². The van der Waals surface area contributed by atoms with Crippen LogP contribution in [0.2, 0.25) is 0 Å². The van der Waals surface area contributed by atoms with Crippen LogP contribution in [0, 0.1) is 0 Å². The van der Waals surface area contributed by atoms with Crippen LogP contribution in [0.5, 0.6) is 0 Å². The quantitative estimate of drug-likeness (QED) is 0.309. The Labute approximate surface area is 58.2 Å². The Morgan fingerprint density at radius 3 is 2.40 bits per heavy atom. The summed E-state index contributed by atoms with van der Waals surface area (Å²) < 4.78 is 4.24. The molecular formula is C6H8O4. The van der Waals surface area contributed by atoms with Gasteiger partial charge in [-0.2, -0.15) is 0 Å². The smallest absolute Gasteiger partial charge is 0.305 e. The van der Waals surface area contributed by atoms with Crippen LogP contribution in [0.15, 0.2) is 0 Å². The number of carbonyl (C=O) groups excluding carboxylic acids is 3. The van der Waals surface area contributed by atoms with Gasteiger partial charge in [0, 0.05) is 6.42 Å². The van der Waals surface area contributed by atoms with Crippen molar-refractivity contribution in [3.63, 3.8) is 0 Å². The molecule has 0 radical (unpaired) electrons. The molecule has 4 nitrogen and oxygen atoms in total. The lowest BCUT2D eigenvalue weighted by Gasteiger charge is -1.93. The van der Waals surface area contributed by atoms with E-state index in [4.69, 9.17) is 0 Å². The van der Waals surface area contributed by atoms with Crippen molar-refractivity contribution >= 4 is 18.0 Å². The molecule has 0 amide bonds. The zero-order valence-corrected chi connectivity index (χ0v) is 5.62. The van der Waals surface area contributed by atoms with E-state index in [1.807, 2.05) is 0 Å². The second kappa shape index (κ2) is 4.67. The molecule has 0 aliphatic rings. The van der Waals surface area contributed by atoms with Gasteiger partial charge in [-0.1, -0.05) is 0 Å². The maximum absolute atomic E-state index is 10.3. The third-order valence-electron chi connectivity index (χ3n) is 0.935. The first kappa shape index (κ1) is 8.81. The molecule has 0 aromatic heterocycles. The molecule has 4 heteroatoms. The molecule has 0 atom stereocenters.